The summed E-state index contributed by atoms with van der Waals surface area (Å²) in [4.78, 5) is 12.0. The van der Waals surface area contributed by atoms with Crippen molar-refractivity contribution in [3.8, 4) is 0 Å². The number of nitrogens with zero attached hydrogens (tertiary/aromatic N) is 4. The molecule has 1 saturated carbocycles. The Morgan fingerprint density at radius 3 is 2.63 bits per heavy atom. The maximum Gasteiger partial charge on any atom is 0.240 e. The van der Waals surface area contributed by atoms with Crippen LogP contribution in [-0.4, -0.2) is 26.6 Å². The fraction of sp³-hybridized carbons (Fsp3) is 0.480. The molecule has 0 unspecified atom stereocenters. The fourth-order valence-electron chi connectivity index (χ4n) is 5.27. The second kappa shape index (κ2) is 8.31. The van der Waals surface area contributed by atoms with E-state index >= 15 is 0 Å². The van der Waals surface area contributed by atoms with Crippen LogP contribution in [0.5, 0.6) is 0 Å². The molecule has 3 heterocycles. The van der Waals surface area contributed by atoms with Crippen molar-refractivity contribution >= 4 is 0 Å². The predicted octanol–water partition coefficient (Wildman–Crippen LogP) is 5.36. The van der Waals surface area contributed by atoms with Crippen molar-refractivity contribution in [3.05, 3.63) is 77.2 Å². The van der Waals surface area contributed by atoms with Gasteiger partial charge in [0.2, 0.25) is 5.89 Å². The maximum absolute atomic E-state index is 5.81. The van der Waals surface area contributed by atoms with Gasteiger partial charge in [-0.2, -0.15) is 4.98 Å². The van der Waals surface area contributed by atoms with Crippen molar-refractivity contribution in [1.82, 2.24) is 20.0 Å². The summed E-state index contributed by atoms with van der Waals surface area (Å²) in [6.45, 7) is 3.87. The number of benzene rings is 1. The lowest BCUT2D eigenvalue weighted by Crippen LogP contribution is -2.33. The lowest BCUT2D eigenvalue weighted by Gasteiger charge is -2.34. The maximum atomic E-state index is 5.81. The third kappa shape index (κ3) is 3.67. The lowest BCUT2D eigenvalue weighted by molar-refractivity contribution is 0.121. The summed E-state index contributed by atoms with van der Waals surface area (Å²) in [5, 5.41) is 4.50. The van der Waals surface area contributed by atoms with Crippen molar-refractivity contribution in [3.63, 3.8) is 0 Å². The number of aromatic nitrogens is 3. The van der Waals surface area contributed by atoms with Crippen molar-refractivity contribution in [1.29, 1.82) is 0 Å². The van der Waals surface area contributed by atoms with E-state index in [0.717, 1.165) is 43.2 Å². The van der Waals surface area contributed by atoms with E-state index in [0.29, 0.717) is 12.6 Å². The van der Waals surface area contributed by atoms with Gasteiger partial charge in [0.05, 0.1) is 23.7 Å². The Labute approximate surface area is 178 Å². The highest BCUT2D eigenvalue weighted by molar-refractivity contribution is 5.35. The van der Waals surface area contributed by atoms with Gasteiger partial charge in [0.15, 0.2) is 5.82 Å². The number of pyridine rings is 1. The Morgan fingerprint density at radius 1 is 1.03 bits per heavy atom. The summed E-state index contributed by atoms with van der Waals surface area (Å²) in [6, 6.07) is 15.4. The molecule has 5 rings (SSSR count). The molecular formula is C25H30N4O. The molecule has 2 aromatic heterocycles. The van der Waals surface area contributed by atoms with Gasteiger partial charge in [0.25, 0.3) is 0 Å². The zero-order valence-electron chi connectivity index (χ0n) is 17.8. The fourth-order valence-corrected chi connectivity index (χ4v) is 5.27. The summed E-state index contributed by atoms with van der Waals surface area (Å²) >= 11 is 0. The van der Waals surface area contributed by atoms with Crippen molar-refractivity contribution in [2.75, 3.05) is 6.54 Å². The molecule has 30 heavy (non-hydrogen) atoms. The summed E-state index contributed by atoms with van der Waals surface area (Å²) in [7, 11) is 0. The Balaban J connectivity index is 1.40. The molecule has 2 aliphatic rings. The summed E-state index contributed by atoms with van der Waals surface area (Å²) < 4.78 is 5.81. The minimum atomic E-state index is -0.0995. The summed E-state index contributed by atoms with van der Waals surface area (Å²) in [6.07, 6.45) is 10.1. The highest BCUT2D eigenvalue weighted by Crippen LogP contribution is 2.45. The van der Waals surface area contributed by atoms with Crippen LogP contribution in [0.4, 0.5) is 0 Å². The van der Waals surface area contributed by atoms with Crippen LogP contribution in [0.25, 0.3) is 0 Å². The van der Waals surface area contributed by atoms with Crippen molar-refractivity contribution in [2.45, 2.75) is 69.9 Å². The Bertz CT molecular complexity index is 960. The van der Waals surface area contributed by atoms with Crippen LogP contribution in [0.3, 0.4) is 0 Å². The predicted molar refractivity (Wildman–Crippen MR) is 116 cm³/mol. The van der Waals surface area contributed by atoms with E-state index in [1.165, 1.54) is 36.8 Å². The molecule has 0 N–H and O–H groups in total. The van der Waals surface area contributed by atoms with Crippen molar-refractivity contribution in [2.24, 2.45) is 0 Å². The van der Waals surface area contributed by atoms with Gasteiger partial charge >= 0.3 is 0 Å². The summed E-state index contributed by atoms with van der Waals surface area (Å²) in [5.74, 6) is 1.59. The molecule has 1 aliphatic carbocycles. The lowest BCUT2D eigenvalue weighted by atomic mass is 9.78. The molecule has 1 aromatic carbocycles. The molecule has 5 heteroatoms. The standard InChI is InChI=1S/C25H30N4O/c1-19-10-12-20(13-11-19)25(14-4-5-15-25)24-27-23(30-28-24)18-29-17-7-3-9-22(29)21-8-2-6-16-26-21/h2,6,8,10-13,16,22H,3-5,7,9,14-15,17-18H2,1H3/t22-/m0/s1. The number of hydrogen-bond donors (Lipinski definition) is 0. The SMILES string of the molecule is Cc1ccc(C2(c3noc(CN4CCCC[C@H]4c4ccccn4)n3)CCCC2)cc1. The van der Waals surface area contributed by atoms with Crippen LogP contribution in [0.15, 0.2) is 53.2 Å². The van der Waals surface area contributed by atoms with Gasteiger partial charge in [-0.05, 0) is 56.8 Å². The van der Waals surface area contributed by atoms with E-state index in [9.17, 15) is 0 Å². The zero-order valence-corrected chi connectivity index (χ0v) is 17.8. The first kappa shape index (κ1) is 19.4. The molecule has 156 valence electrons. The number of rotatable bonds is 5. The van der Waals surface area contributed by atoms with Gasteiger partial charge in [0, 0.05) is 6.20 Å². The quantitative estimate of drug-likeness (QED) is 0.575. The molecule has 1 saturated heterocycles. The topological polar surface area (TPSA) is 55.1 Å². The Morgan fingerprint density at radius 2 is 1.87 bits per heavy atom. The average molecular weight is 403 g/mol. The highest BCUT2D eigenvalue weighted by atomic mass is 16.5. The monoisotopic (exact) mass is 402 g/mol. The smallest absolute Gasteiger partial charge is 0.240 e. The van der Waals surface area contributed by atoms with Crippen molar-refractivity contribution < 1.29 is 4.52 Å². The molecule has 5 nitrogen and oxygen atoms in total. The van der Waals surface area contributed by atoms with Crippen LogP contribution in [0.2, 0.25) is 0 Å². The van der Waals surface area contributed by atoms with Crippen LogP contribution in [-0.2, 0) is 12.0 Å². The first-order valence-electron chi connectivity index (χ1n) is 11.3. The van der Waals surface area contributed by atoms with E-state index in [1.807, 2.05) is 12.3 Å². The zero-order chi connectivity index (χ0) is 20.4. The second-order valence-electron chi connectivity index (χ2n) is 8.90. The Hall–Kier alpha value is -2.53. The second-order valence-corrected chi connectivity index (χ2v) is 8.90. The van der Waals surface area contributed by atoms with Gasteiger partial charge in [0.1, 0.15) is 0 Å². The van der Waals surface area contributed by atoms with Gasteiger partial charge in [-0.1, -0.05) is 60.3 Å². The largest absolute Gasteiger partial charge is 0.338 e. The molecule has 2 fully saturated rings. The third-order valence-electron chi connectivity index (χ3n) is 6.94. The number of aryl methyl sites for hydroxylation is 1. The molecule has 0 amide bonds. The number of hydrogen-bond acceptors (Lipinski definition) is 5. The first-order valence-corrected chi connectivity index (χ1v) is 11.3. The van der Waals surface area contributed by atoms with Crippen LogP contribution in [0, 0.1) is 6.92 Å². The molecule has 0 bridgehead atoms. The minimum absolute atomic E-state index is 0.0995. The van der Waals surface area contributed by atoms with Crippen LogP contribution in [0.1, 0.15) is 79.5 Å². The average Bonchev–Trinajstić information content (AvgIpc) is 3.46. The van der Waals surface area contributed by atoms with Gasteiger partial charge < -0.3 is 4.52 Å². The third-order valence-corrected chi connectivity index (χ3v) is 6.94. The molecule has 1 atom stereocenters. The molecule has 0 radical (unpaired) electrons. The molecule has 1 aliphatic heterocycles. The van der Waals surface area contributed by atoms with E-state index in [-0.39, 0.29) is 5.41 Å². The van der Waals surface area contributed by atoms with Gasteiger partial charge in [-0.15, -0.1) is 0 Å². The first-order chi connectivity index (χ1) is 14.7. The van der Waals surface area contributed by atoms with Gasteiger partial charge in [-0.25, -0.2) is 0 Å². The summed E-state index contributed by atoms with van der Waals surface area (Å²) in [5.41, 5.74) is 3.65. The van der Waals surface area contributed by atoms with E-state index < -0.39 is 0 Å². The van der Waals surface area contributed by atoms with Crippen LogP contribution >= 0.6 is 0 Å². The van der Waals surface area contributed by atoms with Gasteiger partial charge in [-0.3, -0.25) is 9.88 Å². The molecule has 3 aromatic rings. The highest BCUT2D eigenvalue weighted by Gasteiger charge is 2.41. The van der Waals surface area contributed by atoms with E-state index in [1.54, 1.807) is 0 Å². The van der Waals surface area contributed by atoms with Crippen LogP contribution < -0.4 is 0 Å². The molecular weight excluding hydrogens is 372 g/mol. The number of piperidine rings is 1. The van der Waals surface area contributed by atoms with E-state index in [2.05, 4.69) is 58.4 Å². The normalized spacial score (nSPS) is 21.7. The Kier molecular flexibility index (Phi) is 5.38. The number of likely N-dealkylation sites (tertiary alicyclic amines) is 1. The molecule has 0 spiro atoms. The minimum Gasteiger partial charge on any atom is -0.338 e. The van der Waals surface area contributed by atoms with E-state index in [4.69, 9.17) is 9.51 Å².